The van der Waals surface area contributed by atoms with Crippen LogP contribution in [0.2, 0.25) is 0 Å². The fourth-order valence-electron chi connectivity index (χ4n) is 1.95. The van der Waals surface area contributed by atoms with Gasteiger partial charge in [-0.1, -0.05) is 55.2 Å². The summed E-state index contributed by atoms with van der Waals surface area (Å²) in [4.78, 5) is 0. The quantitative estimate of drug-likeness (QED) is 0.498. The Morgan fingerprint density at radius 1 is 1.19 bits per heavy atom. The zero-order chi connectivity index (χ0) is 12.6. The summed E-state index contributed by atoms with van der Waals surface area (Å²) in [6.45, 7) is 11.9. The van der Waals surface area contributed by atoms with Crippen LogP contribution in [0.3, 0.4) is 0 Å². The Hall–Kier alpha value is 1.29. The molecule has 16 heavy (non-hydrogen) atoms. The summed E-state index contributed by atoms with van der Waals surface area (Å²) < 4.78 is 0. The molecule has 0 heterocycles. The van der Waals surface area contributed by atoms with Gasteiger partial charge < -0.3 is 0 Å². The van der Waals surface area contributed by atoms with E-state index in [-0.39, 0.29) is 0 Å². The van der Waals surface area contributed by atoms with E-state index in [4.69, 9.17) is 0 Å². The van der Waals surface area contributed by atoms with E-state index in [1.54, 1.807) is 0 Å². The third-order valence-electron chi connectivity index (χ3n) is 3.65. The summed E-state index contributed by atoms with van der Waals surface area (Å²) in [5.74, 6) is 1.77. The first kappa shape index (κ1) is 17.3. The Morgan fingerprint density at radius 2 is 1.81 bits per heavy atom. The van der Waals surface area contributed by atoms with Crippen molar-refractivity contribution in [2.75, 3.05) is 12.8 Å². The normalized spacial score (nSPS) is 20.6. The van der Waals surface area contributed by atoms with Crippen LogP contribution in [0.4, 0.5) is 0 Å². The van der Waals surface area contributed by atoms with E-state index >= 15 is 0 Å². The minimum absolute atomic E-state index is 0.480. The van der Waals surface area contributed by atoms with Gasteiger partial charge in [-0.2, -0.15) is 0 Å². The highest BCUT2D eigenvalue weighted by Crippen LogP contribution is 2.43. The van der Waals surface area contributed by atoms with Gasteiger partial charge in [-0.05, 0) is 36.2 Å². The second kappa shape index (κ2) is 9.25. The predicted molar refractivity (Wildman–Crippen MR) is 88.0 cm³/mol. The minimum Gasteiger partial charge on any atom is -0.131 e. The lowest BCUT2D eigenvalue weighted by molar-refractivity contribution is 0.368. The summed E-state index contributed by atoms with van der Waals surface area (Å²) in [5.41, 5.74) is 0. The fourth-order valence-corrected chi connectivity index (χ4v) is 5.62. The van der Waals surface area contributed by atoms with Gasteiger partial charge in [0, 0.05) is 0 Å². The summed E-state index contributed by atoms with van der Waals surface area (Å²) in [5, 5.41) is 0.480. The summed E-state index contributed by atoms with van der Waals surface area (Å²) in [6, 6.07) is 0. The van der Waals surface area contributed by atoms with Crippen molar-refractivity contribution in [3.05, 3.63) is 0 Å². The molecule has 0 aromatic rings. The van der Waals surface area contributed by atoms with Crippen LogP contribution in [0.15, 0.2) is 0 Å². The third-order valence-corrected chi connectivity index (χ3v) is 7.71. The zero-order valence-electron chi connectivity index (χ0n) is 11.8. The maximum Gasteiger partial charge on any atom is -0.0113 e. The van der Waals surface area contributed by atoms with Gasteiger partial charge in [0.25, 0.3) is 0 Å². The first-order valence-electron chi connectivity index (χ1n) is 6.62. The molecule has 0 aromatic carbocycles. The lowest BCUT2D eigenvalue weighted by Gasteiger charge is -2.32. The molecule has 0 spiro atoms. The lowest BCUT2D eigenvalue weighted by Crippen LogP contribution is -2.28. The molecule has 0 saturated carbocycles. The Bertz CT molecular complexity index is 169. The summed E-state index contributed by atoms with van der Waals surface area (Å²) in [6.07, 6.45) is 6.95. The van der Waals surface area contributed by atoms with Gasteiger partial charge in [-0.15, -0.1) is 17.5 Å². The summed E-state index contributed by atoms with van der Waals surface area (Å²) >= 11 is 0. The van der Waals surface area contributed by atoms with Crippen molar-refractivity contribution < 1.29 is 0 Å². The lowest BCUT2D eigenvalue weighted by atomic mass is 9.88. The molecular formula is C13H31P3. The fraction of sp³-hybridized carbons (Fsp3) is 1.00. The highest BCUT2D eigenvalue weighted by atomic mass is 32.0. The molecule has 3 heteroatoms. The molecule has 0 rings (SSSR count). The number of hydrogen-bond donors (Lipinski definition) is 0. The van der Waals surface area contributed by atoms with Crippen molar-refractivity contribution in [1.82, 2.24) is 0 Å². The highest BCUT2D eigenvalue weighted by Gasteiger charge is 2.25. The van der Waals surface area contributed by atoms with Crippen LogP contribution >= 0.6 is 25.8 Å². The molecule has 0 aromatic heterocycles. The van der Waals surface area contributed by atoms with E-state index in [9.17, 15) is 0 Å². The van der Waals surface area contributed by atoms with Gasteiger partial charge in [0.15, 0.2) is 0 Å². The standard InChI is InChI=1S/C13H31P3/c1-6-7-11(2)8-9-12(3)13(4,14)10-16-15-5/h11-12,15-16H,6-10,14H2,1-5H3. The Morgan fingerprint density at radius 3 is 2.31 bits per heavy atom. The molecule has 98 valence electrons. The van der Waals surface area contributed by atoms with Gasteiger partial charge in [0.2, 0.25) is 0 Å². The first-order chi connectivity index (χ1) is 7.44. The van der Waals surface area contributed by atoms with Crippen molar-refractivity contribution in [2.45, 2.75) is 58.5 Å². The van der Waals surface area contributed by atoms with Crippen LogP contribution < -0.4 is 0 Å². The Labute approximate surface area is 109 Å². The molecule has 6 atom stereocenters. The monoisotopic (exact) mass is 280 g/mol. The smallest absolute Gasteiger partial charge is 0.0113 e. The Balaban J connectivity index is 3.89. The van der Waals surface area contributed by atoms with E-state index in [2.05, 4.69) is 43.6 Å². The molecule has 0 radical (unpaired) electrons. The third kappa shape index (κ3) is 7.58. The highest BCUT2D eigenvalue weighted by molar-refractivity contribution is 8.11. The number of rotatable bonds is 9. The molecular weight excluding hydrogens is 249 g/mol. The van der Waals surface area contributed by atoms with Crippen LogP contribution in [0.1, 0.15) is 53.4 Å². The second-order valence-electron chi connectivity index (χ2n) is 5.48. The van der Waals surface area contributed by atoms with Crippen LogP contribution in [0.25, 0.3) is 0 Å². The van der Waals surface area contributed by atoms with Crippen molar-refractivity contribution in [2.24, 2.45) is 11.8 Å². The van der Waals surface area contributed by atoms with E-state index < -0.39 is 0 Å². The van der Waals surface area contributed by atoms with E-state index in [1.165, 1.54) is 40.1 Å². The summed E-state index contributed by atoms with van der Waals surface area (Å²) in [7, 11) is 5.43. The average Bonchev–Trinajstić information content (AvgIpc) is 2.23. The van der Waals surface area contributed by atoms with Crippen LogP contribution in [0, 0.1) is 11.8 Å². The van der Waals surface area contributed by atoms with Gasteiger partial charge in [-0.25, -0.2) is 0 Å². The maximum atomic E-state index is 3.13. The molecule has 0 bridgehead atoms. The zero-order valence-corrected chi connectivity index (χ0v) is 14.9. The van der Waals surface area contributed by atoms with Gasteiger partial charge in [-0.3, -0.25) is 0 Å². The molecule has 0 saturated heterocycles. The molecule has 0 aliphatic heterocycles. The molecule has 0 aliphatic carbocycles. The van der Waals surface area contributed by atoms with E-state index in [0.29, 0.717) is 5.16 Å². The van der Waals surface area contributed by atoms with Crippen molar-refractivity contribution in [1.29, 1.82) is 0 Å². The number of hydrogen-bond acceptors (Lipinski definition) is 0. The maximum absolute atomic E-state index is 3.13. The average molecular weight is 280 g/mol. The first-order valence-corrected chi connectivity index (χ1v) is 10.9. The van der Waals surface area contributed by atoms with E-state index in [1.807, 2.05) is 0 Å². The van der Waals surface area contributed by atoms with Crippen LogP contribution in [0.5, 0.6) is 0 Å². The molecule has 0 aliphatic rings. The van der Waals surface area contributed by atoms with E-state index in [0.717, 1.165) is 20.1 Å². The van der Waals surface area contributed by atoms with Crippen LogP contribution in [-0.4, -0.2) is 18.0 Å². The van der Waals surface area contributed by atoms with Gasteiger partial charge in [0.05, 0.1) is 0 Å². The van der Waals surface area contributed by atoms with Crippen LogP contribution in [-0.2, 0) is 0 Å². The molecule has 0 nitrogen and oxygen atoms in total. The van der Waals surface area contributed by atoms with Crippen molar-refractivity contribution in [3.63, 3.8) is 0 Å². The predicted octanol–water partition coefficient (Wildman–Crippen LogP) is 5.37. The molecule has 0 amide bonds. The molecule has 6 unspecified atom stereocenters. The molecule has 0 N–H and O–H groups in total. The Kier molecular flexibility index (Phi) is 10.00. The van der Waals surface area contributed by atoms with Gasteiger partial charge in [0.1, 0.15) is 0 Å². The largest absolute Gasteiger partial charge is 0.131 e. The van der Waals surface area contributed by atoms with Gasteiger partial charge >= 0.3 is 0 Å². The SMILES string of the molecule is CCCC(C)CCC(C)C(C)(P)CPPC. The van der Waals surface area contributed by atoms with Crippen molar-refractivity contribution >= 4 is 25.8 Å². The second-order valence-corrected chi connectivity index (χ2v) is 10.6. The topological polar surface area (TPSA) is 0 Å². The van der Waals surface area contributed by atoms with Crippen molar-refractivity contribution in [3.8, 4) is 0 Å². The minimum atomic E-state index is 0.480. The molecule has 0 fully saturated rings.